The number of hydrogen-bond donors (Lipinski definition) is 0. The second-order valence-corrected chi connectivity index (χ2v) is 34.8. The number of rotatable bonds is 47. The molecule has 0 aromatic carbocycles. The van der Waals surface area contributed by atoms with E-state index in [0.29, 0.717) is 6.61 Å². The number of aryl methyl sites for hydroxylation is 1. The van der Waals surface area contributed by atoms with E-state index in [2.05, 4.69) is 121 Å². The average molecular weight is 1180 g/mol. The predicted octanol–water partition coefficient (Wildman–Crippen LogP) is 21.5. The summed E-state index contributed by atoms with van der Waals surface area (Å²) in [4.78, 5) is 26.0. The molecule has 0 N–H and O–H groups in total. The van der Waals surface area contributed by atoms with Crippen LogP contribution in [-0.2, 0) is 20.1 Å². The van der Waals surface area contributed by atoms with E-state index in [-0.39, 0.29) is 5.70 Å². The summed E-state index contributed by atoms with van der Waals surface area (Å²) in [6, 6.07) is 20.3. The third kappa shape index (κ3) is 30.3. The molecule has 0 atom stereocenters. The van der Waals surface area contributed by atoms with Crippen LogP contribution in [0, 0.1) is 6.57 Å². The van der Waals surface area contributed by atoms with Crippen LogP contribution in [0.15, 0.2) is 54.2 Å². The molecule has 4 aromatic heterocycles. The van der Waals surface area contributed by atoms with Gasteiger partial charge in [-0.25, -0.2) is 4.85 Å². The number of unbranched alkanes of at least 4 members (excludes halogenated alkanes) is 20. The van der Waals surface area contributed by atoms with Crippen LogP contribution >= 0.6 is 92.4 Å². The van der Waals surface area contributed by atoms with Crippen molar-refractivity contribution >= 4 is 123 Å². The van der Waals surface area contributed by atoms with E-state index >= 15 is 0 Å². The topological polar surface area (TPSA) is 39.9 Å². The normalized spacial score (nSPS) is 12.0. The molecule has 0 fully saturated rings. The highest BCUT2D eigenvalue weighted by Crippen LogP contribution is 2.43. The quantitative estimate of drug-likeness (QED) is 0.0143. The number of hydrogen-bond acceptors (Lipinski definition) is 11. The third-order valence-corrected chi connectivity index (χ3v) is 27.3. The molecule has 4 aromatic rings. The van der Waals surface area contributed by atoms with Crippen molar-refractivity contribution in [1.29, 1.82) is 0 Å². The van der Waals surface area contributed by atoms with Crippen LogP contribution in [0.3, 0.4) is 0 Å². The largest absolute Gasteiger partial charge is 0.471 e. The minimum absolute atomic E-state index is 0.0397. The fraction of sp³-hybridized carbons (Fsp3) is 0.661. The first-order valence-corrected chi connectivity index (χ1v) is 40.3. The molecule has 4 rings (SSSR count). The van der Waals surface area contributed by atoms with Gasteiger partial charge in [-0.2, -0.15) is 47.0 Å². The highest BCUT2D eigenvalue weighted by atomic mass is 32.2. The Bertz CT molecular complexity index is 2070. The molecule has 4 heterocycles. The lowest BCUT2D eigenvalue weighted by Crippen LogP contribution is -2.31. The smallest absolute Gasteiger partial charge is 0.336 e. The van der Waals surface area contributed by atoms with E-state index in [0.717, 1.165) is 45.2 Å². The van der Waals surface area contributed by atoms with Gasteiger partial charge in [0.25, 0.3) is 5.70 Å². The Morgan fingerprint density at radius 3 is 1.59 bits per heavy atom. The summed E-state index contributed by atoms with van der Waals surface area (Å²) in [6.45, 7) is 17.2. The first-order chi connectivity index (χ1) is 35.8. The first kappa shape index (κ1) is 64.8. The van der Waals surface area contributed by atoms with Crippen LogP contribution in [0.4, 0.5) is 0 Å². The third-order valence-electron chi connectivity index (χ3n) is 12.8. The number of thioether (sulfide) groups is 4. The van der Waals surface area contributed by atoms with Gasteiger partial charge in [0, 0.05) is 73.5 Å². The second-order valence-electron chi connectivity index (χ2n) is 19.6. The Hall–Kier alpha value is -0.706. The Kier molecular flexibility index (Phi) is 37.5. The Balaban J connectivity index is 0.923. The Morgan fingerprint density at radius 2 is 1.01 bits per heavy atom. The van der Waals surface area contributed by atoms with Crippen molar-refractivity contribution in [2.75, 3.05) is 52.6 Å². The van der Waals surface area contributed by atoms with Gasteiger partial charge in [0.2, 0.25) is 9.76 Å². The summed E-state index contributed by atoms with van der Waals surface area (Å²) in [5.74, 6) is 10.1. The van der Waals surface area contributed by atoms with E-state index in [9.17, 15) is 4.79 Å². The van der Waals surface area contributed by atoms with Crippen LogP contribution in [0.2, 0.25) is 25.2 Å². The number of thiophene rings is 4. The molecule has 406 valence electrons. The molecule has 73 heavy (non-hydrogen) atoms. The monoisotopic (exact) mass is 1170 g/mol. The SMILES string of the molecule is [C-]#[N+]/C(=C\c1ccc(-c2ccc(-c3ccc(-c4ccc(CCCCCCCCCCC[Si](C)(C)O[Si]CCCCCCCCCCCCSCCSCCSCCSCC)s4)s3)s2)s1)C(=O)OCCCCCC. The van der Waals surface area contributed by atoms with Crippen molar-refractivity contribution in [3.8, 4) is 29.3 Å². The zero-order chi connectivity index (χ0) is 51.9. The van der Waals surface area contributed by atoms with Crippen LogP contribution in [0.25, 0.3) is 40.2 Å². The molecule has 0 aliphatic rings. The van der Waals surface area contributed by atoms with Gasteiger partial charge in [0.05, 0.1) is 13.2 Å². The van der Waals surface area contributed by atoms with Crippen LogP contribution in [0.5, 0.6) is 0 Å². The van der Waals surface area contributed by atoms with E-state index in [1.165, 1.54) is 216 Å². The summed E-state index contributed by atoms with van der Waals surface area (Å²) in [5.41, 5.74) is 0.0397. The van der Waals surface area contributed by atoms with Crippen molar-refractivity contribution in [2.45, 2.75) is 193 Å². The predicted molar refractivity (Wildman–Crippen MR) is 344 cm³/mol. The van der Waals surface area contributed by atoms with E-state index in [4.69, 9.17) is 15.4 Å². The maximum absolute atomic E-state index is 12.5. The van der Waals surface area contributed by atoms with E-state index in [1.54, 1.807) is 28.7 Å². The minimum Gasteiger partial charge on any atom is -0.471 e. The Morgan fingerprint density at radius 1 is 0.548 bits per heavy atom. The highest BCUT2D eigenvalue weighted by molar-refractivity contribution is 8.05. The number of carbonyl (C=O) groups is 1. The lowest BCUT2D eigenvalue weighted by molar-refractivity contribution is -0.138. The maximum atomic E-state index is 12.5. The molecular weight excluding hydrogens is 1080 g/mol. The van der Waals surface area contributed by atoms with Gasteiger partial charge in [-0.05, 0) is 117 Å². The molecule has 0 amide bonds. The number of carbonyl (C=O) groups excluding carboxylic acids is 1. The highest BCUT2D eigenvalue weighted by Gasteiger charge is 2.21. The van der Waals surface area contributed by atoms with Gasteiger partial charge < -0.3 is 8.85 Å². The molecule has 0 aliphatic heterocycles. The summed E-state index contributed by atoms with van der Waals surface area (Å²) < 4.78 is 11.9. The van der Waals surface area contributed by atoms with Crippen molar-refractivity contribution < 1.29 is 13.6 Å². The first-order valence-electron chi connectivity index (χ1n) is 28.2. The van der Waals surface area contributed by atoms with Gasteiger partial charge in [-0.3, -0.25) is 4.79 Å². The molecule has 0 aliphatic carbocycles. The summed E-state index contributed by atoms with van der Waals surface area (Å²) >= 11 is 15.8. The molecule has 0 bridgehead atoms. The molecular formula is C59H91NO3S8Si2. The number of esters is 1. The van der Waals surface area contributed by atoms with Gasteiger partial charge in [-0.1, -0.05) is 142 Å². The lowest BCUT2D eigenvalue weighted by atomic mass is 10.1. The molecule has 14 heteroatoms. The molecule has 0 unspecified atom stereocenters. The molecule has 0 saturated heterocycles. The van der Waals surface area contributed by atoms with E-state index < -0.39 is 14.3 Å². The standard InChI is InChI=1S/C59H91NO3S8Si2/c1-6-8-9-26-39-62-59(61)52(60-3)49-51-32-34-54(69-51)56-36-38-58(71-56)57-37-35-55(70-57)53-33-31-50(68-53)30-25-21-17-13-12-16-20-24-29-48-73(4,5)63-72-47-28-23-19-15-11-10-14-18-22-27-40-65-43-44-67-46-45-66-42-41-64-7-2/h31-38,49H,6-30,39-48H2,1-2,4-5H3/b52-49-. The van der Waals surface area contributed by atoms with Crippen molar-refractivity contribution in [3.05, 3.63) is 75.4 Å². The zero-order valence-corrected chi connectivity index (χ0v) is 53.9. The van der Waals surface area contributed by atoms with Crippen LogP contribution < -0.4 is 0 Å². The Labute approximate surface area is 482 Å². The summed E-state index contributed by atoms with van der Waals surface area (Å²) in [6.07, 6.45) is 33.5. The molecule has 0 spiro atoms. The van der Waals surface area contributed by atoms with Crippen molar-refractivity contribution in [3.63, 3.8) is 0 Å². The number of nitrogens with zero attached hydrogens (tertiary/aromatic N) is 1. The second kappa shape index (κ2) is 42.3. The summed E-state index contributed by atoms with van der Waals surface area (Å²) in [5, 5.41) is 0. The van der Waals surface area contributed by atoms with E-state index in [1.807, 2.05) is 28.7 Å². The van der Waals surface area contributed by atoms with Crippen molar-refractivity contribution in [2.24, 2.45) is 0 Å². The van der Waals surface area contributed by atoms with Crippen LogP contribution in [0.1, 0.15) is 171 Å². The fourth-order valence-electron chi connectivity index (χ4n) is 8.46. The zero-order valence-electron chi connectivity index (χ0n) is 45.4. The fourth-order valence-corrected chi connectivity index (χ4v) is 20.7. The van der Waals surface area contributed by atoms with Gasteiger partial charge >= 0.3 is 5.97 Å². The maximum Gasteiger partial charge on any atom is 0.336 e. The summed E-state index contributed by atoms with van der Waals surface area (Å²) in [7, 11) is -0.772. The number of ether oxygens (including phenoxy) is 1. The molecule has 2 radical (unpaired) electrons. The molecule has 0 saturated carbocycles. The van der Waals surface area contributed by atoms with Crippen molar-refractivity contribution in [1.82, 2.24) is 0 Å². The minimum atomic E-state index is -1.50. The van der Waals surface area contributed by atoms with Gasteiger partial charge in [-0.15, -0.1) is 45.3 Å². The van der Waals surface area contributed by atoms with Gasteiger partial charge in [0.15, 0.2) is 8.32 Å². The lowest BCUT2D eigenvalue weighted by Gasteiger charge is -2.22. The van der Waals surface area contributed by atoms with Crippen LogP contribution in [-0.4, -0.2) is 76.7 Å². The molecule has 4 nitrogen and oxygen atoms in total. The average Bonchev–Trinajstić information content (AvgIpc) is 4.25. The van der Waals surface area contributed by atoms with Gasteiger partial charge in [0.1, 0.15) is 0 Å².